The van der Waals surface area contributed by atoms with Crippen LogP contribution in [0.3, 0.4) is 0 Å². The Hall–Kier alpha value is -2.40. The normalized spacial score (nSPS) is 18.6. The zero-order valence-electron chi connectivity index (χ0n) is 16.0. The van der Waals surface area contributed by atoms with E-state index in [1.165, 1.54) is 11.1 Å². The molecule has 0 unspecified atom stereocenters. The van der Waals surface area contributed by atoms with Crippen LogP contribution in [-0.2, 0) is 24.3 Å². The summed E-state index contributed by atoms with van der Waals surface area (Å²) in [6.45, 7) is 6.26. The van der Waals surface area contributed by atoms with E-state index in [4.69, 9.17) is 0 Å². The lowest BCUT2D eigenvalue weighted by Gasteiger charge is -2.33. The molecule has 1 aromatic carbocycles. The van der Waals surface area contributed by atoms with E-state index in [1.54, 1.807) is 0 Å². The van der Waals surface area contributed by atoms with Crippen LogP contribution in [0.15, 0.2) is 42.6 Å². The van der Waals surface area contributed by atoms with E-state index in [1.807, 2.05) is 12.3 Å². The quantitative estimate of drug-likeness (QED) is 0.876. The summed E-state index contributed by atoms with van der Waals surface area (Å²) in [5.74, 6) is 1.14. The third kappa shape index (κ3) is 3.83. The molecule has 5 heteroatoms. The molecule has 0 radical (unpaired) electrons. The van der Waals surface area contributed by atoms with Gasteiger partial charge in [0.25, 0.3) is 0 Å². The fraction of sp³-hybridized carbons (Fsp3) is 0.455. The van der Waals surface area contributed by atoms with Gasteiger partial charge in [0.15, 0.2) is 0 Å². The van der Waals surface area contributed by atoms with E-state index in [0.717, 1.165) is 56.8 Å². The van der Waals surface area contributed by atoms with Gasteiger partial charge in [-0.05, 0) is 49.5 Å². The molecule has 0 aliphatic carbocycles. The van der Waals surface area contributed by atoms with E-state index < -0.39 is 0 Å². The molecule has 0 saturated carbocycles. The third-order valence-corrected chi connectivity index (χ3v) is 5.99. The first-order chi connectivity index (χ1) is 13.2. The second kappa shape index (κ2) is 7.69. The number of nitrogens with one attached hydrogen (secondary N) is 2. The van der Waals surface area contributed by atoms with Gasteiger partial charge in [-0.15, -0.1) is 0 Å². The Bertz CT molecular complexity index is 813. The second-order valence-corrected chi connectivity index (χ2v) is 7.92. The molecule has 2 aromatic rings. The van der Waals surface area contributed by atoms with Crippen LogP contribution in [-0.4, -0.2) is 30.5 Å². The van der Waals surface area contributed by atoms with E-state index in [9.17, 15) is 4.79 Å². The van der Waals surface area contributed by atoms with Crippen molar-refractivity contribution in [3.63, 3.8) is 0 Å². The number of carbonyl (C=O) groups excluding carboxylic acids is 1. The molecule has 1 amide bonds. The number of rotatable bonds is 4. The minimum Gasteiger partial charge on any atom is -0.352 e. The second-order valence-electron chi connectivity index (χ2n) is 7.92. The number of amides is 1. The van der Waals surface area contributed by atoms with Gasteiger partial charge in [-0.25, -0.2) is 4.98 Å². The zero-order chi connectivity index (χ0) is 18.7. The van der Waals surface area contributed by atoms with Crippen molar-refractivity contribution < 1.29 is 4.79 Å². The average Bonchev–Trinajstić information content (AvgIpc) is 2.72. The van der Waals surface area contributed by atoms with E-state index >= 15 is 0 Å². The van der Waals surface area contributed by atoms with Crippen LogP contribution in [0.5, 0.6) is 0 Å². The van der Waals surface area contributed by atoms with E-state index in [-0.39, 0.29) is 11.3 Å². The molecule has 0 bridgehead atoms. The summed E-state index contributed by atoms with van der Waals surface area (Å²) in [4.78, 5) is 19.7. The summed E-state index contributed by atoms with van der Waals surface area (Å²) in [7, 11) is 0. The molecule has 0 spiro atoms. The molecule has 4 rings (SSSR count). The molecule has 0 atom stereocenters. The number of aromatic nitrogens is 1. The number of carbonyl (C=O) groups is 1. The smallest absolute Gasteiger partial charge is 0.226 e. The minimum atomic E-state index is -0.266. The highest BCUT2D eigenvalue weighted by molar-refractivity contribution is 5.82. The van der Waals surface area contributed by atoms with Crippen LogP contribution in [0, 0.1) is 5.41 Å². The SMILES string of the molecule is CC1(C(=O)NCc2cccnc2N2CCc3ccccc3C2)CCNCC1. The number of piperidine rings is 1. The number of fused-ring (bicyclic) bond motifs is 1. The van der Waals surface area contributed by atoms with Crippen molar-refractivity contribution in [3.05, 3.63) is 59.3 Å². The highest BCUT2D eigenvalue weighted by Gasteiger charge is 2.34. The monoisotopic (exact) mass is 364 g/mol. The molecular formula is C22H28N4O. The average molecular weight is 364 g/mol. The summed E-state index contributed by atoms with van der Waals surface area (Å²) in [6.07, 6.45) is 4.65. The van der Waals surface area contributed by atoms with E-state index in [0.29, 0.717) is 6.54 Å². The number of hydrogen-bond acceptors (Lipinski definition) is 4. The van der Waals surface area contributed by atoms with Crippen LogP contribution < -0.4 is 15.5 Å². The summed E-state index contributed by atoms with van der Waals surface area (Å²) >= 11 is 0. The van der Waals surface area contributed by atoms with Crippen molar-refractivity contribution >= 4 is 11.7 Å². The maximum Gasteiger partial charge on any atom is 0.226 e. The van der Waals surface area contributed by atoms with Gasteiger partial charge in [-0.3, -0.25) is 4.79 Å². The highest BCUT2D eigenvalue weighted by atomic mass is 16.2. The van der Waals surface area contributed by atoms with Crippen molar-refractivity contribution in [3.8, 4) is 0 Å². The largest absolute Gasteiger partial charge is 0.352 e. The summed E-state index contributed by atoms with van der Waals surface area (Å²) < 4.78 is 0. The van der Waals surface area contributed by atoms with Gasteiger partial charge in [-0.2, -0.15) is 0 Å². The van der Waals surface area contributed by atoms with Crippen molar-refractivity contribution in [2.75, 3.05) is 24.5 Å². The maximum absolute atomic E-state index is 12.8. The fourth-order valence-electron chi connectivity index (χ4n) is 4.12. The number of nitrogens with zero attached hydrogens (tertiary/aromatic N) is 2. The van der Waals surface area contributed by atoms with Gasteiger partial charge < -0.3 is 15.5 Å². The molecule has 1 saturated heterocycles. The Morgan fingerprint density at radius 2 is 1.96 bits per heavy atom. The lowest BCUT2D eigenvalue weighted by Crippen LogP contribution is -2.45. The van der Waals surface area contributed by atoms with Gasteiger partial charge in [0.1, 0.15) is 5.82 Å². The number of benzene rings is 1. The number of anilines is 1. The first kappa shape index (κ1) is 18.0. The van der Waals surface area contributed by atoms with Gasteiger partial charge >= 0.3 is 0 Å². The molecule has 2 N–H and O–H groups in total. The van der Waals surface area contributed by atoms with Gasteiger partial charge in [0, 0.05) is 36.8 Å². The standard InChI is InChI=1S/C22H28N4O/c1-22(9-12-23-13-10-22)21(27)25-15-18-7-4-11-24-20(18)26-14-8-17-5-2-3-6-19(17)16-26/h2-7,11,23H,8-10,12-16H2,1H3,(H,25,27). The molecule has 1 aromatic heterocycles. The van der Waals surface area contributed by atoms with E-state index in [2.05, 4.69) is 57.8 Å². The molecule has 3 heterocycles. The molecule has 1 fully saturated rings. The van der Waals surface area contributed by atoms with Crippen LogP contribution >= 0.6 is 0 Å². The molecule has 2 aliphatic rings. The topological polar surface area (TPSA) is 57.3 Å². The Kier molecular flexibility index (Phi) is 5.12. The summed E-state index contributed by atoms with van der Waals surface area (Å²) in [5.41, 5.74) is 3.62. The van der Waals surface area contributed by atoms with Crippen molar-refractivity contribution in [1.82, 2.24) is 15.6 Å². The van der Waals surface area contributed by atoms with Crippen LogP contribution in [0.25, 0.3) is 0 Å². The Labute approximate surface area is 161 Å². The summed E-state index contributed by atoms with van der Waals surface area (Å²) in [6, 6.07) is 12.7. The number of hydrogen-bond donors (Lipinski definition) is 2. The molecule has 2 aliphatic heterocycles. The lowest BCUT2D eigenvalue weighted by atomic mass is 9.80. The fourth-order valence-corrected chi connectivity index (χ4v) is 4.12. The van der Waals surface area contributed by atoms with Crippen molar-refractivity contribution in [2.45, 2.75) is 39.3 Å². The van der Waals surface area contributed by atoms with Gasteiger partial charge in [-0.1, -0.05) is 37.3 Å². The number of pyridine rings is 1. The Morgan fingerprint density at radius 1 is 1.19 bits per heavy atom. The summed E-state index contributed by atoms with van der Waals surface area (Å²) in [5, 5.41) is 6.51. The predicted octanol–water partition coefficient (Wildman–Crippen LogP) is 2.65. The van der Waals surface area contributed by atoms with Gasteiger partial charge in [0.05, 0.1) is 0 Å². The molecule has 5 nitrogen and oxygen atoms in total. The predicted molar refractivity (Wildman–Crippen MR) is 107 cm³/mol. The van der Waals surface area contributed by atoms with Gasteiger partial charge in [0.2, 0.25) is 5.91 Å². The highest BCUT2D eigenvalue weighted by Crippen LogP contribution is 2.29. The van der Waals surface area contributed by atoms with Crippen LogP contribution in [0.4, 0.5) is 5.82 Å². The lowest BCUT2D eigenvalue weighted by molar-refractivity contribution is -0.131. The Balaban J connectivity index is 1.46. The maximum atomic E-state index is 12.8. The van der Waals surface area contributed by atoms with Crippen LogP contribution in [0.2, 0.25) is 0 Å². The van der Waals surface area contributed by atoms with Crippen molar-refractivity contribution in [2.24, 2.45) is 5.41 Å². The first-order valence-electron chi connectivity index (χ1n) is 9.90. The zero-order valence-corrected chi connectivity index (χ0v) is 16.0. The van der Waals surface area contributed by atoms with Crippen molar-refractivity contribution in [1.29, 1.82) is 0 Å². The van der Waals surface area contributed by atoms with Crippen LogP contribution in [0.1, 0.15) is 36.5 Å². The molecular weight excluding hydrogens is 336 g/mol. The first-order valence-corrected chi connectivity index (χ1v) is 9.90. The molecule has 27 heavy (non-hydrogen) atoms. The minimum absolute atomic E-state index is 0.155. The third-order valence-electron chi connectivity index (χ3n) is 5.99. The Morgan fingerprint density at radius 3 is 2.78 bits per heavy atom. The molecule has 142 valence electrons.